The zero-order valence-corrected chi connectivity index (χ0v) is 13.4. The monoisotopic (exact) mass is 322 g/mol. The van der Waals surface area contributed by atoms with E-state index in [0.29, 0.717) is 22.3 Å². The highest BCUT2D eigenvalue weighted by molar-refractivity contribution is 6.36. The molecular weight excluding hydrogens is 307 g/mol. The Balaban J connectivity index is 2.38. The molecule has 1 amide bonds. The fraction of sp³-hybridized carbons (Fsp3) is 0.250. The fourth-order valence-electron chi connectivity index (χ4n) is 1.97. The van der Waals surface area contributed by atoms with Crippen LogP contribution >= 0.6 is 23.2 Å². The number of anilines is 1. The lowest BCUT2D eigenvalue weighted by molar-refractivity contribution is -0.121. The minimum Gasteiger partial charge on any atom is -0.306 e. The Bertz CT molecular complexity index is 629. The van der Waals surface area contributed by atoms with Gasteiger partial charge in [0.1, 0.15) is 0 Å². The minimum absolute atomic E-state index is 0.00285. The number of carbonyl (C=O) groups excluding carboxylic acids is 1. The van der Waals surface area contributed by atoms with Gasteiger partial charge in [0, 0.05) is 23.3 Å². The van der Waals surface area contributed by atoms with Gasteiger partial charge in [-0.15, -0.1) is 0 Å². The molecule has 5 heteroatoms. The number of benzene rings is 1. The topological polar surface area (TPSA) is 33.2 Å². The van der Waals surface area contributed by atoms with E-state index in [0.717, 1.165) is 5.56 Å². The van der Waals surface area contributed by atoms with Gasteiger partial charge in [-0.3, -0.25) is 9.78 Å². The smallest absolute Gasteiger partial charge is 0.229 e. The number of rotatable bonds is 4. The second-order valence-electron chi connectivity index (χ2n) is 5.04. The largest absolute Gasteiger partial charge is 0.306 e. The Morgan fingerprint density at radius 1 is 1.29 bits per heavy atom. The summed E-state index contributed by atoms with van der Waals surface area (Å²) in [5, 5.41) is 1.00. The van der Waals surface area contributed by atoms with Crippen molar-refractivity contribution in [1.82, 2.24) is 4.98 Å². The van der Waals surface area contributed by atoms with E-state index in [1.807, 2.05) is 26.0 Å². The molecule has 1 aromatic heterocycles. The van der Waals surface area contributed by atoms with Crippen LogP contribution < -0.4 is 4.90 Å². The van der Waals surface area contributed by atoms with Gasteiger partial charge < -0.3 is 4.90 Å². The van der Waals surface area contributed by atoms with E-state index >= 15 is 0 Å². The second kappa shape index (κ2) is 6.92. The fourth-order valence-corrected chi connectivity index (χ4v) is 2.48. The molecule has 0 aliphatic heterocycles. The first-order chi connectivity index (χ1) is 9.99. The maximum Gasteiger partial charge on any atom is 0.229 e. The van der Waals surface area contributed by atoms with E-state index in [4.69, 9.17) is 23.2 Å². The zero-order chi connectivity index (χ0) is 15.4. The lowest BCUT2D eigenvalue weighted by atomic mass is 10.1. The highest BCUT2D eigenvalue weighted by Gasteiger charge is 2.21. The van der Waals surface area contributed by atoms with Crippen LogP contribution in [0.15, 0.2) is 42.7 Å². The number of hydrogen-bond donors (Lipinski definition) is 0. The Hall–Kier alpha value is -1.58. The Kier molecular flexibility index (Phi) is 5.21. The Labute approximate surface area is 134 Å². The average Bonchev–Trinajstić information content (AvgIpc) is 2.45. The first-order valence-corrected chi connectivity index (χ1v) is 7.40. The van der Waals surface area contributed by atoms with E-state index in [9.17, 15) is 4.79 Å². The molecule has 0 saturated carbocycles. The summed E-state index contributed by atoms with van der Waals surface area (Å²) in [7, 11) is 0. The molecule has 110 valence electrons. The lowest BCUT2D eigenvalue weighted by Crippen LogP contribution is -2.34. The van der Waals surface area contributed by atoms with Gasteiger partial charge in [0.25, 0.3) is 0 Å². The molecule has 0 unspecified atom stereocenters. The van der Waals surface area contributed by atoms with Crippen molar-refractivity contribution in [2.24, 2.45) is 5.92 Å². The molecule has 0 atom stereocenters. The summed E-state index contributed by atoms with van der Waals surface area (Å²) in [6.45, 7) is 4.15. The zero-order valence-electron chi connectivity index (χ0n) is 11.9. The van der Waals surface area contributed by atoms with Gasteiger partial charge >= 0.3 is 0 Å². The standard InChI is InChI=1S/C16H16Cl2N2O/c1-11(2)16(21)20(10-12-4-3-7-19-9-12)15-6-5-13(17)8-14(15)18/h3-9,11H,10H2,1-2H3. The van der Waals surface area contributed by atoms with Crippen LogP contribution in [0.3, 0.4) is 0 Å². The maximum absolute atomic E-state index is 12.5. The van der Waals surface area contributed by atoms with E-state index < -0.39 is 0 Å². The molecule has 0 aliphatic carbocycles. The predicted octanol–water partition coefficient (Wildman–Crippen LogP) is 4.58. The molecule has 1 heterocycles. The van der Waals surface area contributed by atoms with E-state index in [1.165, 1.54) is 0 Å². The van der Waals surface area contributed by atoms with Gasteiger partial charge in [0.05, 0.1) is 17.3 Å². The molecule has 21 heavy (non-hydrogen) atoms. The minimum atomic E-state index is -0.131. The summed E-state index contributed by atoms with van der Waals surface area (Å²) in [5.41, 5.74) is 1.60. The number of halogens is 2. The molecule has 0 fully saturated rings. The molecule has 1 aromatic carbocycles. The van der Waals surface area contributed by atoms with Crippen LogP contribution in [0, 0.1) is 5.92 Å². The normalized spacial score (nSPS) is 10.7. The predicted molar refractivity (Wildman–Crippen MR) is 86.7 cm³/mol. The van der Waals surface area contributed by atoms with Crippen LogP contribution in [0.5, 0.6) is 0 Å². The van der Waals surface area contributed by atoms with Crippen molar-refractivity contribution in [3.05, 3.63) is 58.3 Å². The SMILES string of the molecule is CC(C)C(=O)N(Cc1cccnc1)c1ccc(Cl)cc1Cl. The molecule has 0 N–H and O–H groups in total. The van der Waals surface area contributed by atoms with E-state index in [1.54, 1.807) is 35.5 Å². The molecule has 0 radical (unpaired) electrons. The van der Waals surface area contributed by atoms with Crippen molar-refractivity contribution in [3.63, 3.8) is 0 Å². The Morgan fingerprint density at radius 3 is 2.62 bits per heavy atom. The van der Waals surface area contributed by atoms with Crippen molar-refractivity contribution in [2.45, 2.75) is 20.4 Å². The number of nitrogens with zero attached hydrogens (tertiary/aromatic N) is 2. The van der Waals surface area contributed by atoms with Gasteiger partial charge in [0.2, 0.25) is 5.91 Å². The molecule has 0 saturated heterocycles. The number of amides is 1. The summed E-state index contributed by atoms with van der Waals surface area (Å²) >= 11 is 12.2. The highest BCUT2D eigenvalue weighted by atomic mass is 35.5. The molecule has 0 bridgehead atoms. The molecule has 0 aliphatic rings. The van der Waals surface area contributed by atoms with Crippen molar-refractivity contribution < 1.29 is 4.79 Å². The molecule has 2 rings (SSSR count). The van der Waals surface area contributed by atoms with Gasteiger partial charge in [-0.1, -0.05) is 43.1 Å². The van der Waals surface area contributed by atoms with Crippen LogP contribution in [0.4, 0.5) is 5.69 Å². The molecule has 2 aromatic rings. The van der Waals surface area contributed by atoms with Gasteiger partial charge in [-0.25, -0.2) is 0 Å². The molecule has 0 spiro atoms. The van der Waals surface area contributed by atoms with Crippen molar-refractivity contribution in [2.75, 3.05) is 4.90 Å². The number of aromatic nitrogens is 1. The summed E-state index contributed by atoms with van der Waals surface area (Å²) in [5.74, 6) is -0.128. The maximum atomic E-state index is 12.5. The average molecular weight is 323 g/mol. The Morgan fingerprint density at radius 2 is 2.05 bits per heavy atom. The second-order valence-corrected chi connectivity index (χ2v) is 5.88. The van der Waals surface area contributed by atoms with Crippen LogP contribution in [-0.2, 0) is 11.3 Å². The lowest BCUT2D eigenvalue weighted by Gasteiger charge is -2.25. The van der Waals surface area contributed by atoms with Gasteiger partial charge in [-0.05, 0) is 29.8 Å². The summed E-state index contributed by atoms with van der Waals surface area (Å²) in [6.07, 6.45) is 3.44. The summed E-state index contributed by atoms with van der Waals surface area (Å²) < 4.78 is 0. The third-order valence-electron chi connectivity index (χ3n) is 3.02. The molecular formula is C16H16Cl2N2O. The third-order valence-corrected chi connectivity index (χ3v) is 3.56. The first kappa shape index (κ1) is 15.8. The highest BCUT2D eigenvalue weighted by Crippen LogP contribution is 2.30. The quantitative estimate of drug-likeness (QED) is 0.825. The van der Waals surface area contributed by atoms with Crippen molar-refractivity contribution in [3.8, 4) is 0 Å². The van der Waals surface area contributed by atoms with Crippen LogP contribution in [0.2, 0.25) is 10.0 Å². The molecule has 3 nitrogen and oxygen atoms in total. The van der Waals surface area contributed by atoms with Crippen molar-refractivity contribution in [1.29, 1.82) is 0 Å². The number of hydrogen-bond acceptors (Lipinski definition) is 2. The van der Waals surface area contributed by atoms with Gasteiger partial charge in [0.15, 0.2) is 0 Å². The van der Waals surface area contributed by atoms with E-state index in [-0.39, 0.29) is 11.8 Å². The van der Waals surface area contributed by atoms with Crippen LogP contribution in [0.25, 0.3) is 0 Å². The summed E-state index contributed by atoms with van der Waals surface area (Å²) in [6, 6.07) is 8.91. The van der Waals surface area contributed by atoms with Gasteiger partial charge in [-0.2, -0.15) is 0 Å². The first-order valence-electron chi connectivity index (χ1n) is 6.64. The number of carbonyl (C=O) groups is 1. The van der Waals surface area contributed by atoms with Crippen LogP contribution in [-0.4, -0.2) is 10.9 Å². The van der Waals surface area contributed by atoms with E-state index in [2.05, 4.69) is 4.98 Å². The van der Waals surface area contributed by atoms with Crippen LogP contribution in [0.1, 0.15) is 19.4 Å². The third kappa shape index (κ3) is 3.96. The van der Waals surface area contributed by atoms with Crippen molar-refractivity contribution >= 4 is 34.8 Å². The number of pyridine rings is 1. The summed E-state index contributed by atoms with van der Waals surface area (Å²) in [4.78, 5) is 18.2.